The van der Waals surface area contributed by atoms with Crippen molar-refractivity contribution in [3.8, 4) is 17.2 Å². The van der Waals surface area contributed by atoms with E-state index in [-0.39, 0.29) is 0 Å². The fraction of sp³-hybridized carbons (Fsp3) is 0.321. The van der Waals surface area contributed by atoms with E-state index in [9.17, 15) is 0 Å². The number of ether oxygens (including phenoxy) is 3. The van der Waals surface area contributed by atoms with Gasteiger partial charge in [-0.3, -0.25) is 0 Å². The van der Waals surface area contributed by atoms with Crippen molar-refractivity contribution < 1.29 is 14.2 Å². The molecule has 4 rings (SSSR count). The van der Waals surface area contributed by atoms with Crippen LogP contribution in [0.5, 0.6) is 17.2 Å². The summed E-state index contributed by atoms with van der Waals surface area (Å²) in [5.41, 5.74) is 5.74. The van der Waals surface area contributed by atoms with E-state index in [0.29, 0.717) is 6.61 Å². The summed E-state index contributed by atoms with van der Waals surface area (Å²) in [6.45, 7) is 5.80. The molecule has 0 saturated carbocycles. The van der Waals surface area contributed by atoms with Crippen LogP contribution in [0.4, 0.5) is 0 Å². The molecular formula is C28H32N2O3. The second kappa shape index (κ2) is 10.4. The summed E-state index contributed by atoms with van der Waals surface area (Å²) in [6, 6.07) is 20.7. The topological polar surface area (TPSA) is 45.5 Å². The number of aromatic nitrogens is 2. The quantitative estimate of drug-likeness (QED) is 0.276. The van der Waals surface area contributed by atoms with Crippen LogP contribution in [0.25, 0.3) is 11.0 Å². The van der Waals surface area contributed by atoms with Crippen molar-refractivity contribution in [2.24, 2.45) is 0 Å². The van der Waals surface area contributed by atoms with E-state index in [1.165, 1.54) is 16.6 Å². The molecular weight excluding hydrogens is 412 g/mol. The molecule has 0 aliphatic heterocycles. The maximum atomic E-state index is 6.05. The molecule has 0 N–H and O–H groups in total. The van der Waals surface area contributed by atoms with E-state index < -0.39 is 0 Å². The van der Waals surface area contributed by atoms with Crippen LogP contribution in [0.2, 0.25) is 0 Å². The highest BCUT2D eigenvalue weighted by Gasteiger charge is 2.13. The van der Waals surface area contributed by atoms with Gasteiger partial charge in [-0.25, -0.2) is 4.98 Å². The van der Waals surface area contributed by atoms with Crippen LogP contribution >= 0.6 is 0 Å². The maximum Gasteiger partial charge on any atom is 0.161 e. The molecule has 1 heterocycles. The maximum absolute atomic E-state index is 6.05. The van der Waals surface area contributed by atoms with Gasteiger partial charge in [-0.05, 0) is 73.7 Å². The van der Waals surface area contributed by atoms with Gasteiger partial charge < -0.3 is 18.8 Å². The summed E-state index contributed by atoms with van der Waals surface area (Å²) < 4.78 is 19.2. The van der Waals surface area contributed by atoms with Gasteiger partial charge in [0.25, 0.3) is 0 Å². The number of para-hydroxylation sites is 2. The molecule has 0 aliphatic carbocycles. The molecule has 0 radical (unpaired) electrons. The van der Waals surface area contributed by atoms with Crippen LogP contribution in [0.1, 0.15) is 35.4 Å². The second-order valence-electron chi connectivity index (χ2n) is 8.36. The van der Waals surface area contributed by atoms with Crippen LogP contribution in [0, 0.1) is 13.8 Å². The lowest BCUT2D eigenvalue weighted by molar-refractivity contribution is 0.301. The zero-order chi connectivity index (χ0) is 23.2. The van der Waals surface area contributed by atoms with E-state index in [2.05, 4.69) is 60.9 Å². The van der Waals surface area contributed by atoms with Crippen LogP contribution in [0.15, 0.2) is 60.7 Å². The number of aryl methyl sites for hydroxylation is 3. The molecule has 0 unspecified atom stereocenters. The fourth-order valence-electron chi connectivity index (χ4n) is 4.10. The third-order valence-electron chi connectivity index (χ3n) is 5.92. The Balaban J connectivity index is 1.46. The summed E-state index contributed by atoms with van der Waals surface area (Å²) >= 11 is 0. The van der Waals surface area contributed by atoms with Crippen LogP contribution in [-0.4, -0.2) is 30.4 Å². The number of imidazole rings is 1. The number of hydrogen-bond donors (Lipinski definition) is 0. The predicted octanol–water partition coefficient (Wildman–Crippen LogP) is 6.12. The Labute approximate surface area is 195 Å². The molecule has 0 spiro atoms. The summed E-state index contributed by atoms with van der Waals surface area (Å²) in [5, 5.41) is 0. The third-order valence-corrected chi connectivity index (χ3v) is 5.92. The van der Waals surface area contributed by atoms with Crippen molar-refractivity contribution in [1.29, 1.82) is 0 Å². The molecule has 0 bridgehead atoms. The number of methoxy groups -OCH3 is 2. The minimum atomic E-state index is 0.710. The number of rotatable bonds is 10. The average molecular weight is 445 g/mol. The van der Waals surface area contributed by atoms with E-state index in [1.807, 2.05) is 18.2 Å². The number of benzene rings is 3. The highest BCUT2D eigenvalue weighted by Crippen LogP contribution is 2.29. The molecule has 4 aromatic rings. The fourth-order valence-corrected chi connectivity index (χ4v) is 4.10. The lowest BCUT2D eigenvalue weighted by Gasteiger charge is -2.13. The van der Waals surface area contributed by atoms with Crippen molar-refractivity contribution in [2.75, 3.05) is 20.8 Å². The largest absolute Gasteiger partial charge is 0.493 e. The molecule has 33 heavy (non-hydrogen) atoms. The minimum Gasteiger partial charge on any atom is -0.493 e. The Bertz CT molecular complexity index is 1230. The van der Waals surface area contributed by atoms with Gasteiger partial charge >= 0.3 is 0 Å². The first-order valence-corrected chi connectivity index (χ1v) is 11.4. The van der Waals surface area contributed by atoms with Gasteiger partial charge in [0.15, 0.2) is 11.5 Å². The van der Waals surface area contributed by atoms with E-state index >= 15 is 0 Å². The molecule has 0 fully saturated rings. The molecule has 1 aromatic heterocycles. The molecule has 5 heteroatoms. The highest BCUT2D eigenvalue weighted by molar-refractivity contribution is 5.76. The number of hydrogen-bond acceptors (Lipinski definition) is 4. The summed E-state index contributed by atoms with van der Waals surface area (Å²) in [6.07, 6.45) is 2.73. The van der Waals surface area contributed by atoms with Gasteiger partial charge in [-0.15, -0.1) is 0 Å². The van der Waals surface area contributed by atoms with E-state index in [4.69, 9.17) is 19.2 Å². The van der Waals surface area contributed by atoms with Gasteiger partial charge in [0.2, 0.25) is 0 Å². The van der Waals surface area contributed by atoms with Crippen LogP contribution in [-0.2, 0) is 13.0 Å². The van der Waals surface area contributed by atoms with Crippen molar-refractivity contribution in [2.45, 2.75) is 39.7 Å². The number of nitrogens with zero attached hydrogens (tertiary/aromatic N) is 2. The lowest BCUT2D eigenvalue weighted by Crippen LogP contribution is -2.07. The number of fused-ring (bicyclic) bond motifs is 1. The Hall–Kier alpha value is -3.47. The minimum absolute atomic E-state index is 0.710. The first-order chi connectivity index (χ1) is 16.1. The van der Waals surface area contributed by atoms with E-state index in [1.54, 1.807) is 14.2 Å². The first kappa shape index (κ1) is 22.7. The average Bonchev–Trinajstić information content (AvgIpc) is 3.17. The standard InChI is InChI=1S/C28H32N2O3/c1-20-11-12-21(2)26(17-20)33-16-8-7-15-30-24-10-6-5-9-23(24)29-28(30)19-22-13-14-25(31-3)27(18-22)32-4/h5-6,9-14,17-18H,7-8,15-16,19H2,1-4H3. The molecule has 0 saturated heterocycles. The Morgan fingerprint density at radius 3 is 2.45 bits per heavy atom. The molecule has 0 amide bonds. The van der Waals surface area contributed by atoms with Gasteiger partial charge in [-0.1, -0.05) is 30.3 Å². The van der Waals surface area contributed by atoms with Gasteiger partial charge in [-0.2, -0.15) is 0 Å². The Morgan fingerprint density at radius 2 is 1.64 bits per heavy atom. The van der Waals surface area contributed by atoms with Crippen LogP contribution < -0.4 is 14.2 Å². The number of unbranched alkanes of at least 4 members (excludes halogenated alkanes) is 1. The first-order valence-electron chi connectivity index (χ1n) is 11.4. The predicted molar refractivity (Wildman–Crippen MR) is 133 cm³/mol. The zero-order valence-electron chi connectivity index (χ0n) is 19.9. The third kappa shape index (κ3) is 5.30. The van der Waals surface area contributed by atoms with Crippen molar-refractivity contribution >= 4 is 11.0 Å². The Kier molecular flexibility index (Phi) is 7.18. The van der Waals surface area contributed by atoms with Gasteiger partial charge in [0.05, 0.1) is 31.9 Å². The SMILES string of the molecule is COc1ccc(Cc2nc3ccccc3n2CCCCOc2cc(C)ccc2C)cc1OC. The van der Waals surface area contributed by atoms with Crippen molar-refractivity contribution in [1.82, 2.24) is 9.55 Å². The van der Waals surface area contributed by atoms with E-state index in [0.717, 1.165) is 60.0 Å². The van der Waals surface area contributed by atoms with Crippen molar-refractivity contribution in [3.63, 3.8) is 0 Å². The molecule has 0 atom stereocenters. The second-order valence-corrected chi connectivity index (χ2v) is 8.36. The van der Waals surface area contributed by atoms with Gasteiger partial charge in [0.1, 0.15) is 11.6 Å². The molecule has 3 aromatic carbocycles. The monoisotopic (exact) mass is 444 g/mol. The molecule has 0 aliphatic rings. The zero-order valence-corrected chi connectivity index (χ0v) is 19.9. The lowest BCUT2D eigenvalue weighted by atomic mass is 10.1. The smallest absolute Gasteiger partial charge is 0.161 e. The van der Waals surface area contributed by atoms with Gasteiger partial charge in [0, 0.05) is 13.0 Å². The van der Waals surface area contributed by atoms with Crippen LogP contribution in [0.3, 0.4) is 0 Å². The summed E-state index contributed by atoms with van der Waals surface area (Å²) in [4.78, 5) is 4.93. The summed E-state index contributed by atoms with van der Waals surface area (Å²) in [7, 11) is 3.32. The normalized spacial score (nSPS) is 11.0. The Morgan fingerprint density at radius 1 is 0.818 bits per heavy atom. The molecule has 5 nitrogen and oxygen atoms in total. The summed E-state index contributed by atoms with van der Waals surface area (Å²) in [5.74, 6) is 3.51. The molecule has 172 valence electrons. The highest BCUT2D eigenvalue weighted by atomic mass is 16.5. The van der Waals surface area contributed by atoms with Crippen molar-refractivity contribution in [3.05, 3.63) is 83.2 Å².